The van der Waals surface area contributed by atoms with Gasteiger partial charge in [-0.2, -0.15) is 0 Å². The Hall–Kier alpha value is -2.10. The van der Waals surface area contributed by atoms with Crippen molar-refractivity contribution in [3.8, 4) is 11.4 Å². The van der Waals surface area contributed by atoms with E-state index >= 15 is 0 Å². The molecule has 112 valence electrons. The lowest BCUT2D eigenvalue weighted by Gasteiger charge is -2.22. The number of nitrogens with zero attached hydrogens (tertiary/aromatic N) is 3. The van der Waals surface area contributed by atoms with Crippen molar-refractivity contribution in [3.05, 3.63) is 36.4 Å². The Labute approximate surface area is 127 Å². The standard InChI is InChI=1S/C17H24N4/c1-4-6-12-21(5-2)16-13-15(18-3)19-17(20-16)14-10-8-7-9-11-14/h7-11,13H,4-6,12H2,1-3H3,(H,18,19,20). The van der Waals surface area contributed by atoms with Gasteiger partial charge in [0.2, 0.25) is 0 Å². The third-order valence-corrected chi connectivity index (χ3v) is 3.49. The second-order valence-electron chi connectivity index (χ2n) is 4.98. The first-order chi connectivity index (χ1) is 10.3. The number of anilines is 2. The van der Waals surface area contributed by atoms with Crippen LogP contribution in [-0.4, -0.2) is 30.1 Å². The van der Waals surface area contributed by atoms with Gasteiger partial charge >= 0.3 is 0 Å². The first-order valence-electron chi connectivity index (χ1n) is 7.65. The van der Waals surface area contributed by atoms with Gasteiger partial charge in [-0.15, -0.1) is 0 Å². The summed E-state index contributed by atoms with van der Waals surface area (Å²) in [6.07, 6.45) is 2.36. The molecule has 0 aliphatic heterocycles. The Balaban J connectivity index is 2.37. The number of nitrogens with one attached hydrogen (secondary N) is 1. The molecule has 1 heterocycles. The van der Waals surface area contributed by atoms with E-state index < -0.39 is 0 Å². The summed E-state index contributed by atoms with van der Waals surface area (Å²) < 4.78 is 0. The molecular formula is C17H24N4. The summed E-state index contributed by atoms with van der Waals surface area (Å²) in [7, 11) is 1.89. The minimum absolute atomic E-state index is 0.771. The van der Waals surface area contributed by atoms with Crippen molar-refractivity contribution in [1.29, 1.82) is 0 Å². The Morgan fingerprint density at radius 1 is 1.10 bits per heavy atom. The number of unbranched alkanes of at least 4 members (excludes halogenated alkanes) is 1. The van der Waals surface area contributed by atoms with Crippen molar-refractivity contribution < 1.29 is 0 Å². The summed E-state index contributed by atoms with van der Waals surface area (Å²) >= 11 is 0. The summed E-state index contributed by atoms with van der Waals surface area (Å²) in [4.78, 5) is 11.6. The highest BCUT2D eigenvalue weighted by Crippen LogP contribution is 2.22. The number of rotatable bonds is 7. The van der Waals surface area contributed by atoms with Gasteiger partial charge in [-0.05, 0) is 13.3 Å². The molecule has 2 aromatic rings. The average Bonchev–Trinajstić information content (AvgIpc) is 2.56. The first kappa shape index (κ1) is 15.3. The molecule has 0 aliphatic rings. The van der Waals surface area contributed by atoms with Crippen LogP contribution >= 0.6 is 0 Å². The summed E-state index contributed by atoms with van der Waals surface area (Å²) in [5.74, 6) is 2.62. The second kappa shape index (κ2) is 7.62. The van der Waals surface area contributed by atoms with Gasteiger partial charge in [-0.25, -0.2) is 9.97 Å². The average molecular weight is 284 g/mol. The van der Waals surface area contributed by atoms with E-state index in [4.69, 9.17) is 4.98 Å². The van der Waals surface area contributed by atoms with Crippen LogP contribution in [0.4, 0.5) is 11.6 Å². The lowest BCUT2D eigenvalue weighted by atomic mass is 10.2. The molecule has 0 saturated carbocycles. The zero-order valence-electron chi connectivity index (χ0n) is 13.1. The van der Waals surface area contributed by atoms with Crippen LogP contribution in [0, 0.1) is 0 Å². The maximum absolute atomic E-state index is 4.75. The molecule has 1 N–H and O–H groups in total. The largest absolute Gasteiger partial charge is 0.373 e. The molecule has 2 rings (SSSR count). The van der Waals surface area contributed by atoms with Crippen LogP contribution in [0.25, 0.3) is 11.4 Å². The fourth-order valence-electron chi connectivity index (χ4n) is 2.22. The van der Waals surface area contributed by atoms with Crippen molar-refractivity contribution in [1.82, 2.24) is 9.97 Å². The van der Waals surface area contributed by atoms with Crippen LogP contribution in [0.5, 0.6) is 0 Å². The lowest BCUT2D eigenvalue weighted by molar-refractivity contribution is 0.723. The Morgan fingerprint density at radius 3 is 2.48 bits per heavy atom. The van der Waals surface area contributed by atoms with Gasteiger partial charge in [0.1, 0.15) is 11.6 Å². The molecular weight excluding hydrogens is 260 g/mol. The van der Waals surface area contributed by atoms with Crippen LogP contribution in [0.3, 0.4) is 0 Å². The van der Waals surface area contributed by atoms with E-state index in [1.54, 1.807) is 0 Å². The molecule has 0 amide bonds. The molecule has 0 atom stereocenters. The number of hydrogen-bond acceptors (Lipinski definition) is 4. The van der Waals surface area contributed by atoms with E-state index in [1.165, 1.54) is 12.8 Å². The summed E-state index contributed by atoms with van der Waals surface area (Å²) in [6.45, 7) is 6.36. The number of hydrogen-bond donors (Lipinski definition) is 1. The van der Waals surface area contributed by atoms with Gasteiger partial charge in [0.15, 0.2) is 5.82 Å². The zero-order valence-corrected chi connectivity index (χ0v) is 13.1. The predicted octanol–water partition coefficient (Wildman–Crippen LogP) is 3.81. The monoisotopic (exact) mass is 284 g/mol. The first-order valence-corrected chi connectivity index (χ1v) is 7.65. The van der Waals surface area contributed by atoms with E-state index in [1.807, 2.05) is 43.4 Å². The smallest absolute Gasteiger partial charge is 0.163 e. The predicted molar refractivity (Wildman–Crippen MR) is 89.8 cm³/mol. The van der Waals surface area contributed by atoms with Crippen molar-refractivity contribution >= 4 is 11.6 Å². The van der Waals surface area contributed by atoms with E-state index in [0.717, 1.165) is 36.1 Å². The molecule has 1 aromatic carbocycles. The van der Waals surface area contributed by atoms with Gasteiger partial charge in [0.05, 0.1) is 0 Å². The second-order valence-corrected chi connectivity index (χ2v) is 4.98. The van der Waals surface area contributed by atoms with Gasteiger partial charge < -0.3 is 10.2 Å². The molecule has 1 aromatic heterocycles. The maximum atomic E-state index is 4.75. The van der Waals surface area contributed by atoms with Crippen LogP contribution in [-0.2, 0) is 0 Å². The fraction of sp³-hybridized carbons (Fsp3) is 0.412. The Bertz CT molecular complexity index is 554. The molecule has 21 heavy (non-hydrogen) atoms. The summed E-state index contributed by atoms with van der Waals surface area (Å²) in [5.41, 5.74) is 1.04. The fourth-order valence-corrected chi connectivity index (χ4v) is 2.22. The van der Waals surface area contributed by atoms with Crippen LogP contribution < -0.4 is 10.2 Å². The minimum Gasteiger partial charge on any atom is -0.373 e. The van der Waals surface area contributed by atoms with E-state index in [9.17, 15) is 0 Å². The maximum Gasteiger partial charge on any atom is 0.163 e. The van der Waals surface area contributed by atoms with Gasteiger partial charge in [0.25, 0.3) is 0 Å². The number of benzene rings is 1. The molecule has 0 radical (unpaired) electrons. The Kier molecular flexibility index (Phi) is 5.55. The molecule has 4 heteroatoms. The summed E-state index contributed by atoms with van der Waals surface area (Å²) in [5, 5.41) is 3.13. The third kappa shape index (κ3) is 3.94. The highest BCUT2D eigenvalue weighted by atomic mass is 15.2. The van der Waals surface area contributed by atoms with Crippen LogP contribution in [0.1, 0.15) is 26.7 Å². The van der Waals surface area contributed by atoms with Crippen molar-refractivity contribution in [3.63, 3.8) is 0 Å². The van der Waals surface area contributed by atoms with Crippen LogP contribution in [0.2, 0.25) is 0 Å². The molecule has 0 saturated heterocycles. The molecule has 4 nitrogen and oxygen atoms in total. The molecule has 0 fully saturated rings. The molecule has 0 spiro atoms. The lowest BCUT2D eigenvalue weighted by Crippen LogP contribution is -2.25. The van der Waals surface area contributed by atoms with E-state index in [-0.39, 0.29) is 0 Å². The summed E-state index contributed by atoms with van der Waals surface area (Å²) in [6, 6.07) is 12.1. The van der Waals surface area contributed by atoms with Crippen LogP contribution in [0.15, 0.2) is 36.4 Å². The van der Waals surface area contributed by atoms with Gasteiger partial charge in [-0.3, -0.25) is 0 Å². The Morgan fingerprint density at radius 2 is 1.86 bits per heavy atom. The molecule has 0 aliphatic carbocycles. The molecule has 0 bridgehead atoms. The van der Waals surface area contributed by atoms with Crippen molar-refractivity contribution in [2.24, 2.45) is 0 Å². The minimum atomic E-state index is 0.771. The topological polar surface area (TPSA) is 41.0 Å². The SMILES string of the molecule is CCCCN(CC)c1cc(NC)nc(-c2ccccc2)n1. The van der Waals surface area contributed by atoms with E-state index in [2.05, 4.69) is 29.0 Å². The third-order valence-electron chi connectivity index (χ3n) is 3.49. The zero-order chi connectivity index (χ0) is 15.1. The van der Waals surface area contributed by atoms with Gasteiger partial charge in [0, 0.05) is 31.8 Å². The van der Waals surface area contributed by atoms with E-state index in [0.29, 0.717) is 0 Å². The van der Waals surface area contributed by atoms with Crippen molar-refractivity contribution in [2.75, 3.05) is 30.4 Å². The normalized spacial score (nSPS) is 10.4. The van der Waals surface area contributed by atoms with Crippen molar-refractivity contribution in [2.45, 2.75) is 26.7 Å². The quantitative estimate of drug-likeness (QED) is 0.839. The van der Waals surface area contributed by atoms with Gasteiger partial charge in [-0.1, -0.05) is 43.7 Å². The highest BCUT2D eigenvalue weighted by Gasteiger charge is 2.10. The number of aromatic nitrogens is 2. The molecule has 0 unspecified atom stereocenters. The highest BCUT2D eigenvalue weighted by molar-refractivity contribution is 5.61.